The van der Waals surface area contributed by atoms with Crippen molar-refractivity contribution in [1.82, 2.24) is 29.7 Å². The van der Waals surface area contributed by atoms with Crippen LogP contribution in [-0.2, 0) is 6.54 Å². The third kappa shape index (κ3) is 3.48. The van der Waals surface area contributed by atoms with Crippen LogP contribution in [0.4, 0.5) is 0 Å². The Balaban J connectivity index is 1.56. The highest BCUT2D eigenvalue weighted by molar-refractivity contribution is 5.37. The van der Waals surface area contributed by atoms with Crippen molar-refractivity contribution in [2.75, 3.05) is 0 Å². The summed E-state index contributed by atoms with van der Waals surface area (Å²) in [6.45, 7) is 7.19. The molecule has 3 heterocycles. The van der Waals surface area contributed by atoms with Gasteiger partial charge in [-0.05, 0) is 37.1 Å². The summed E-state index contributed by atoms with van der Waals surface area (Å²) < 4.78 is 3.98. The van der Waals surface area contributed by atoms with Gasteiger partial charge >= 0.3 is 0 Å². The van der Waals surface area contributed by atoms with E-state index in [1.165, 1.54) is 5.56 Å². The third-order valence-electron chi connectivity index (χ3n) is 4.72. The molecule has 3 aromatic heterocycles. The van der Waals surface area contributed by atoms with Crippen LogP contribution in [0.3, 0.4) is 0 Å². The van der Waals surface area contributed by atoms with Crippen LogP contribution in [-0.4, -0.2) is 24.4 Å². The van der Waals surface area contributed by atoms with Crippen molar-refractivity contribution in [3.05, 3.63) is 78.0 Å². The zero-order valence-corrected chi connectivity index (χ0v) is 15.9. The van der Waals surface area contributed by atoms with Crippen molar-refractivity contribution in [2.24, 2.45) is 0 Å². The first-order chi connectivity index (χ1) is 13.1. The quantitative estimate of drug-likeness (QED) is 0.567. The molecule has 4 rings (SSSR count). The normalized spacial score (nSPS) is 12.7. The highest BCUT2D eigenvalue weighted by atomic mass is 15.3. The lowest BCUT2D eigenvalue weighted by Gasteiger charge is -2.13. The molecule has 27 heavy (non-hydrogen) atoms. The number of hydrogen-bond acceptors (Lipinski definition) is 4. The molecule has 1 atom stereocenters. The Kier molecular flexibility index (Phi) is 4.73. The molecule has 0 spiro atoms. The molecule has 0 aliphatic rings. The Morgan fingerprint density at radius 2 is 1.74 bits per heavy atom. The number of nitrogens with one attached hydrogen (secondary N) is 1. The average Bonchev–Trinajstić information content (AvgIpc) is 3.31. The Hall–Kier alpha value is -2.99. The summed E-state index contributed by atoms with van der Waals surface area (Å²) in [4.78, 5) is 0. The van der Waals surface area contributed by atoms with E-state index >= 15 is 0 Å². The summed E-state index contributed by atoms with van der Waals surface area (Å²) in [5.74, 6) is 1.27. The predicted molar refractivity (Wildman–Crippen MR) is 106 cm³/mol. The highest BCUT2D eigenvalue weighted by Crippen LogP contribution is 2.21. The minimum atomic E-state index is 0.0717. The number of hydrogen-bond donors (Lipinski definition) is 1. The van der Waals surface area contributed by atoms with Crippen LogP contribution in [0, 0.1) is 0 Å². The SMILES string of the molecule is CC(C)c1nn(-c2ccccc2)cc1CNC(C)c1nnc2ccccn12. The van der Waals surface area contributed by atoms with Gasteiger partial charge in [0.25, 0.3) is 0 Å². The van der Waals surface area contributed by atoms with Gasteiger partial charge in [0.05, 0.1) is 17.4 Å². The van der Waals surface area contributed by atoms with Gasteiger partial charge in [-0.25, -0.2) is 4.68 Å². The fourth-order valence-electron chi connectivity index (χ4n) is 3.27. The largest absolute Gasteiger partial charge is 0.303 e. The van der Waals surface area contributed by atoms with Gasteiger partial charge in [-0.15, -0.1) is 10.2 Å². The van der Waals surface area contributed by atoms with E-state index in [1.54, 1.807) is 0 Å². The van der Waals surface area contributed by atoms with E-state index in [2.05, 4.69) is 54.6 Å². The van der Waals surface area contributed by atoms with Gasteiger partial charge in [-0.3, -0.25) is 4.40 Å². The zero-order valence-electron chi connectivity index (χ0n) is 15.9. The maximum Gasteiger partial charge on any atom is 0.160 e. The average molecular weight is 360 g/mol. The summed E-state index contributed by atoms with van der Waals surface area (Å²) in [6, 6.07) is 16.2. The van der Waals surface area contributed by atoms with Crippen LogP contribution in [0.5, 0.6) is 0 Å². The summed E-state index contributed by atoms with van der Waals surface area (Å²) in [5, 5.41) is 17.0. The molecule has 1 N–H and O–H groups in total. The standard InChI is InChI=1S/C21H24N6/c1-15(2)20-17(14-27(25-20)18-9-5-4-6-10-18)13-22-16(3)21-24-23-19-11-7-8-12-26(19)21/h4-12,14-16,22H,13H2,1-3H3. The minimum Gasteiger partial charge on any atom is -0.303 e. The molecule has 138 valence electrons. The van der Waals surface area contributed by atoms with E-state index in [1.807, 2.05) is 51.7 Å². The second kappa shape index (κ2) is 7.32. The number of para-hydroxylation sites is 1. The van der Waals surface area contributed by atoms with Gasteiger partial charge in [-0.2, -0.15) is 5.10 Å². The first-order valence-corrected chi connectivity index (χ1v) is 9.30. The Labute approximate surface area is 158 Å². The van der Waals surface area contributed by atoms with Crippen molar-refractivity contribution < 1.29 is 0 Å². The van der Waals surface area contributed by atoms with E-state index in [0.29, 0.717) is 5.92 Å². The summed E-state index contributed by atoms with van der Waals surface area (Å²) in [5.41, 5.74) is 4.25. The molecule has 0 aliphatic heterocycles. The molecule has 0 amide bonds. The van der Waals surface area contributed by atoms with Gasteiger partial charge in [0.1, 0.15) is 0 Å². The molecule has 4 aromatic rings. The van der Waals surface area contributed by atoms with Gasteiger partial charge in [-0.1, -0.05) is 38.1 Å². The van der Waals surface area contributed by atoms with Gasteiger partial charge < -0.3 is 5.32 Å². The molecule has 0 saturated carbocycles. The molecule has 0 bridgehead atoms. The first kappa shape index (κ1) is 17.4. The van der Waals surface area contributed by atoms with Gasteiger partial charge in [0, 0.05) is 24.5 Å². The smallest absolute Gasteiger partial charge is 0.160 e. The lowest BCUT2D eigenvalue weighted by Crippen LogP contribution is -2.21. The fourth-order valence-corrected chi connectivity index (χ4v) is 3.27. The van der Waals surface area contributed by atoms with Crippen molar-refractivity contribution in [3.63, 3.8) is 0 Å². The third-order valence-corrected chi connectivity index (χ3v) is 4.72. The first-order valence-electron chi connectivity index (χ1n) is 9.30. The predicted octanol–water partition coefficient (Wildman–Crippen LogP) is 3.89. The Bertz CT molecular complexity index is 1030. The number of nitrogens with zero attached hydrogens (tertiary/aromatic N) is 5. The lowest BCUT2D eigenvalue weighted by molar-refractivity contribution is 0.538. The topological polar surface area (TPSA) is 60.0 Å². The van der Waals surface area contributed by atoms with Crippen LogP contribution in [0.1, 0.15) is 49.8 Å². The number of pyridine rings is 1. The Morgan fingerprint density at radius 1 is 0.963 bits per heavy atom. The van der Waals surface area contributed by atoms with Crippen molar-refractivity contribution >= 4 is 5.65 Å². The second-order valence-corrected chi connectivity index (χ2v) is 7.06. The maximum absolute atomic E-state index is 4.81. The molecule has 0 fully saturated rings. The number of fused-ring (bicyclic) bond motifs is 1. The van der Waals surface area contributed by atoms with Crippen molar-refractivity contribution in [3.8, 4) is 5.69 Å². The van der Waals surface area contributed by atoms with Crippen LogP contribution >= 0.6 is 0 Å². The molecule has 0 saturated heterocycles. The van der Waals surface area contributed by atoms with Crippen LogP contribution in [0.25, 0.3) is 11.3 Å². The molecule has 0 aliphatic carbocycles. The van der Waals surface area contributed by atoms with Gasteiger partial charge in [0.15, 0.2) is 11.5 Å². The van der Waals surface area contributed by atoms with E-state index < -0.39 is 0 Å². The number of benzene rings is 1. The minimum absolute atomic E-state index is 0.0717. The molecular formula is C21H24N6. The lowest BCUT2D eigenvalue weighted by atomic mass is 10.1. The van der Waals surface area contributed by atoms with Crippen LogP contribution in [0.2, 0.25) is 0 Å². The monoisotopic (exact) mass is 360 g/mol. The number of rotatable bonds is 6. The molecule has 0 radical (unpaired) electrons. The van der Waals surface area contributed by atoms with E-state index in [4.69, 9.17) is 5.10 Å². The Morgan fingerprint density at radius 3 is 2.52 bits per heavy atom. The van der Waals surface area contributed by atoms with Gasteiger partial charge in [0.2, 0.25) is 0 Å². The van der Waals surface area contributed by atoms with Crippen molar-refractivity contribution in [1.29, 1.82) is 0 Å². The number of aromatic nitrogens is 5. The van der Waals surface area contributed by atoms with E-state index in [0.717, 1.165) is 29.4 Å². The molecule has 6 heteroatoms. The molecule has 1 aromatic carbocycles. The van der Waals surface area contributed by atoms with E-state index in [-0.39, 0.29) is 6.04 Å². The highest BCUT2D eigenvalue weighted by Gasteiger charge is 2.17. The molecular weight excluding hydrogens is 336 g/mol. The summed E-state index contributed by atoms with van der Waals surface area (Å²) >= 11 is 0. The van der Waals surface area contributed by atoms with Crippen LogP contribution < -0.4 is 5.32 Å². The summed E-state index contributed by atoms with van der Waals surface area (Å²) in [6.07, 6.45) is 4.11. The second-order valence-electron chi connectivity index (χ2n) is 7.06. The van der Waals surface area contributed by atoms with Crippen molar-refractivity contribution in [2.45, 2.75) is 39.3 Å². The molecule has 1 unspecified atom stereocenters. The van der Waals surface area contributed by atoms with Crippen LogP contribution in [0.15, 0.2) is 60.9 Å². The maximum atomic E-state index is 4.81. The molecule has 6 nitrogen and oxygen atoms in total. The summed E-state index contributed by atoms with van der Waals surface area (Å²) in [7, 11) is 0. The fraction of sp³-hybridized carbons (Fsp3) is 0.286. The zero-order chi connectivity index (χ0) is 18.8. The van der Waals surface area contributed by atoms with E-state index in [9.17, 15) is 0 Å².